The first-order valence-corrected chi connectivity index (χ1v) is 7.57. The van der Waals surface area contributed by atoms with Gasteiger partial charge in [0.2, 0.25) is 5.89 Å². The van der Waals surface area contributed by atoms with E-state index in [1.807, 2.05) is 13.8 Å². The van der Waals surface area contributed by atoms with Gasteiger partial charge in [-0.2, -0.15) is 10.1 Å². The van der Waals surface area contributed by atoms with Crippen LogP contribution >= 0.6 is 0 Å². The van der Waals surface area contributed by atoms with Crippen molar-refractivity contribution in [1.82, 2.24) is 24.9 Å². The maximum atomic E-state index is 13.0. The molecule has 0 saturated heterocycles. The van der Waals surface area contributed by atoms with Crippen LogP contribution in [0.2, 0.25) is 0 Å². The van der Waals surface area contributed by atoms with Crippen LogP contribution in [0.25, 0.3) is 11.4 Å². The van der Waals surface area contributed by atoms with Gasteiger partial charge in [0.05, 0.1) is 16.8 Å². The van der Waals surface area contributed by atoms with E-state index in [1.165, 1.54) is 23.0 Å². The third-order valence-corrected chi connectivity index (χ3v) is 3.31. The van der Waals surface area contributed by atoms with Crippen molar-refractivity contribution in [2.24, 2.45) is 5.92 Å². The molecule has 3 heterocycles. The lowest BCUT2D eigenvalue weighted by atomic mass is 10.1. The summed E-state index contributed by atoms with van der Waals surface area (Å²) < 4.78 is 19.5. The van der Waals surface area contributed by atoms with Crippen LogP contribution in [0.5, 0.6) is 0 Å². The number of nitrogens with zero attached hydrogens (tertiary/aromatic N) is 6. The van der Waals surface area contributed by atoms with Gasteiger partial charge in [-0.25, -0.2) is 4.39 Å². The zero-order chi connectivity index (χ0) is 18.0. The van der Waals surface area contributed by atoms with Gasteiger partial charge in [0.15, 0.2) is 11.5 Å². The molecule has 0 spiro atoms. The second kappa shape index (κ2) is 6.75. The van der Waals surface area contributed by atoms with E-state index in [-0.39, 0.29) is 23.6 Å². The van der Waals surface area contributed by atoms with Crippen molar-refractivity contribution in [2.75, 3.05) is 0 Å². The van der Waals surface area contributed by atoms with E-state index in [1.54, 1.807) is 0 Å². The molecule has 0 atom stereocenters. The second-order valence-electron chi connectivity index (χ2n) is 5.88. The SMILES string of the molecule is CC(C)Cc1noc(Cn2cc([N+](=O)[O-])c(-c3ccc(F)cn3)n2)n1. The van der Waals surface area contributed by atoms with E-state index in [2.05, 4.69) is 20.2 Å². The molecule has 3 aromatic rings. The third kappa shape index (κ3) is 3.84. The summed E-state index contributed by atoms with van der Waals surface area (Å²) in [4.78, 5) is 18.8. The highest BCUT2D eigenvalue weighted by atomic mass is 19.1. The lowest BCUT2D eigenvalue weighted by Crippen LogP contribution is -2.02. The van der Waals surface area contributed by atoms with Gasteiger partial charge < -0.3 is 4.52 Å². The van der Waals surface area contributed by atoms with Crippen molar-refractivity contribution in [2.45, 2.75) is 26.8 Å². The van der Waals surface area contributed by atoms with Crippen molar-refractivity contribution < 1.29 is 13.8 Å². The Kier molecular flexibility index (Phi) is 4.50. The summed E-state index contributed by atoms with van der Waals surface area (Å²) in [6.07, 6.45) is 2.91. The van der Waals surface area contributed by atoms with E-state index < -0.39 is 10.7 Å². The van der Waals surface area contributed by atoms with Gasteiger partial charge in [-0.3, -0.25) is 19.8 Å². The number of aromatic nitrogens is 5. The second-order valence-corrected chi connectivity index (χ2v) is 5.88. The van der Waals surface area contributed by atoms with Gasteiger partial charge in [0.25, 0.3) is 0 Å². The Morgan fingerprint density at radius 3 is 2.84 bits per heavy atom. The van der Waals surface area contributed by atoms with Crippen LogP contribution in [0, 0.1) is 21.8 Å². The molecule has 9 nitrogen and oxygen atoms in total. The van der Waals surface area contributed by atoms with Crippen LogP contribution in [0.15, 0.2) is 29.0 Å². The standard InChI is InChI=1S/C15H15FN6O3/c1-9(2)5-13-18-14(25-20-13)8-21-7-12(22(23)24)15(19-21)11-4-3-10(16)6-17-11/h3-4,6-7,9H,5,8H2,1-2H3. The molecule has 3 aromatic heterocycles. The molecular weight excluding hydrogens is 331 g/mol. The summed E-state index contributed by atoms with van der Waals surface area (Å²) in [5, 5.41) is 19.3. The van der Waals surface area contributed by atoms with Gasteiger partial charge in [0, 0.05) is 6.42 Å². The van der Waals surface area contributed by atoms with E-state index in [0.29, 0.717) is 24.1 Å². The monoisotopic (exact) mass is 346 g/mol. The van der Waals surface area contributed by atoms with Crippen LogP contribution < -0.4 is 0 Å². The Bertz CT molecular complexity index is 887. The predicted molar refractivity (Wildman–Crippen MR) is 84.0 cm³/mol. The van der Waals surface area contributed by atoms with Gasteiger partial charge in [-0.1, -0.05) is 19.0 Å². The van der Waals surface area contributed by atoms with E-state index in [4.69, 9.17) is 4.52 Å². The lowest BCUT2D eigenvalue weighted by Gasteiger charge is -1.97. The number of halogens is 1. The Morgan fingerprint density at radius 2 is 2.20 bits per heavy atom. The highest BCUT2D eigenvalue weighted by Crippen LogP contribution is 2.27. The maximum absolute atomic E-state index is 13.0. The maximum Gasteiger partial charge on any atom is 0.316 e. The zero-order valence-corrected chi connectivity index (χ0v) is 13.6. The van der Waals surface area contributed by atoms with Gasteiger partial charge in [-0.15, -0.1) is 0 Å². The Hall–Kier alpha value is -3.17. The largest absolute Gasteiger partial charge is 0.337 e. The molecule has 3 rings (SSSR count). The summed E-state index contributed by atoms with van der Waals surface area (Å²) >= 11 is 0. The van der Waals surface area contributed by atoms with E-state index >= 15 is 0 Å². The van der Waals surface area contributed by atoms with Crippen LogP contribution in [-0.4, -0.2) is 29.8 Å². The molecule has 25 heavy (non-hydrogen) atoms. The minimum atomic E-state index is -0.568. The van der Waals surface area contributed by atoms with Crippen molar-refractivity contribution >= 4 is 5.69 Å². The van der Waals surface area contributed by atoms with Crippen molar-refractivity contribution in [3.63, 3.8) is 0 Å². The van der Waals surface area contributed by atoms with E-state index in [0.717, 1.165) is 6.20 Å². The molecule has 0 fully saturated rings. The van der Waals surface area contributed by atoms with E-state index in [9.17, 15) is 14.5 Å². The molecule has 0 amide bonds. The first kappa shape index (κ1) is 16.7. The van der Waals surface area contributed by atoms with Gasteiger partial charge >= 0.3 is 5.69 Å². The summed E-state index contributed by atoms with van der Waals surface area (Å²) in [6, 6.07) is 2.50. The third-order valence-electron chi connectivity index (χ3n) is 3.31. The van der Waals surface area contributed by atoms with Crippen LogP contribution in [-0.2, 0) is 13.0 Å². The molecule has 130 valence electrons. The first-order valence-electron chi connectivity index (χ1n) is 7.57. The van der Waals surface area contributed by atoms with Gasteiger partial charge in [0.1, 0.15) is 18.6 Å². The topological polar surface area (TPSA) is 113 Å². The van der Waals surface area contributed by atoms with Crippen molar-refractivity contribution in [3.8, 4) is 11.4 Å². The molecule has 0 bridgehead atoms. The highest BCUT2D eigenvalue weighted by molar-refractivity contribution is 5.65. The molecule has 0 N–H and O–H groups in total. The average Bonchev–Trinajstić information content (AvgIpc) is 3.15. The molecule has 10 heteroatoms. The van der Waals surface area contributed by atoms with Crippen LogP contribution in [0.4, 0.5) is 10.1 Å². The fraction of sp³-hybridized carbons (Fsp3) is 0.333. The summed E-state index contributed by atoms with van der Waals surface area (Å²) in [6.45, 7) is 4.16. The van der Waals surface area contributed by atoms with Crippen molar-refractivity contribution in [1.29, 1.82) is 0 Å². The van der Waals surface area contributed by atoms with Crippen molar-refractivity contribution in [3.05, 3.63) is 52.2 Å². The Labute approximate surface area is 141 Å². The fourth-order valence-electron chi connectivity index (χ4n) is 2.26. The highest BCUT2D eigenvalue weighted by Gasteiger charge is 2.23. The van der Waals surface area contributed by atoms with Crippen LogP contribution in [0.3, 0.4) is 0 Å². The quantitative estimate of drug-likeness (QED) is 0.498. The summed E-state index contributed by atoms with van der Waals surface area (Å²) in [5.74, 6) is 0.723. The first-order chi connectivity index (χ1) is 11.9. The predicted octanol–water partition coefficient (Wildman–Crippen LogP) is 2.62. The lowest BCUT2D eigenvalue weighted by molar-refractivity contribution is -0.384. The molecule has 0 aliphatic carbocycles. The van der Waals surface area contributed by atoms with Gasteiger partial charge in [-0.05, 0) is 18.1 Å². The molecule has 0 aromatic carbocycles. The minimum Gasteiger partial charge on any atom is -0.337 e. The number of hydrogen-bond donors (Lipinski definition) is 0. The molecule has 0 aliphatic rings. The molecular formula is C15H15FN6O3. The normalized spacial score (nSPS) is 11.2. The molecule has 0 radical (unpaired) electrons. The number of hydrogen-bond acceptors (Lipinski definition) is 7. The molecule has 0 saturated carbocycles. The Balaban J connectivity index is 1.87. The Morgan fingerprint density at radius 1 is 1.40 bits per heavy atom. The average molecular weight is 346 g/mol. The molecule has 0 aliphatic heterocycles. The number of pyridine rings is 1. The summed E-state index contributed by atoms with van der Waals surface area (Å²) in [5.41, 5.74) is 0.0193. The number of rotatable bonds is 6. The number of nitro groups is 1. The molecule has 0 unspecified atom stereocenters. The zero-order valence-electron chi connectivity index (χ0n) is 13.6. The smallest absolute Gasteiger partial charge is 0.316 e. The summed E-state index contributed by atoms with van der Waals surface area (Å²) in [7, 11) is 0. The van der Waals surface area contributed by atoms with Crippen LogP contribution in [0.1, 0.15) is 25.6 Å². The fourth-order valence-corrected chi connectivity index (χ4v) is 2.26. The minimum absolute atomic E-state index is 0.0481.